The van der Waals surface area contributed by atoms with Crippen LogP contribution in [0.4, 0.5) is 4.39 Å². The van der Waals surface area contributed by atoms with Crippen LogP contribution < -0.4 is 0 Å². The third-order valence-corrected chi connectivity index (χ3v) is 6.91. The summed E-state index contributed by atoms with van der Waals surface area (Å²) < 4.78 is 13.1. The topological polar surface area (TPSA) is 23.6 Å². The van der Waals surface area contributed by atoms with Crippen molar-refractivity contribution in [1.82, 2.24) is 9.80 Å². The molecule has 0 radical (unpaired) electrons. The SMILES string of the molecule is CC(=O)N(Cc1ccccc1C1CCN(Cc2ccc(F)cc2)CC1)C1CCCC1. The Morgan fingerprint density at radius 1 is 1.00 bits per heavy atom. The number of piperidine rings is 1. The summed E-state index contributed by atoms with van der Waals surface area (Å²) in [7, 11) is 0. The fourth-order valence-corrected chi connectivity index (χ4v) is 5.22. The number of rotatable bonds is 6. The Balaban J connectivity index is 1.40. The molecule has 2 fully saturated rings. The lowest BCUT2D eigenvalue weighted by molar-refractivity contribution is -0.131. The van der Waals surface area contributed by atoms with Gasteiger partial charge >= 0.3 is 0 Å². The number of likely N-dealkylation sites (tertiary alicyclic amines) is 1. The molecule has 4 heteroatoms. The van der Waals surface area contributed by atoms with E-state index in [9.17, 15) is 9.18 Å². The Labute approximate surface area is 179 Å². The number of carbonyl (C=O) groups excluding carboxylic acids is 1. The first-order valence-electron chi connectivity index (χ1n) is 11.4. The molecule has 3 nitrogen and oxygen atoms in total. The molecule has 2 aliphatic rings. The Morgan fingerprint density at radius 3 is 2.33 bits per heavy atom. The van der Waals surface area contributed by atoms with Crippen molar-refractivity contribution in [2.75, 3.05) is 13.1 Å². The van der Waals surface area contributed by atoms with E-state index in [1.54, 1.807) is 19.1 Å². The van der Waals surface area contributed by atoms with Gasteiger partial charge < -0.3 is 4.90 Å². The van der Waals surface area contributed by atoms with Gasteiger partial charge in [0.05, 0.1) is 0 Å². The normalized spacial score (nSPS) is 18.6. The zero-order chi connectivity index (χ0) is 20.9. The highest BCUT2D eigenvalue weighted by molar-refractivity contribution is 5.73. The van der Waals surface area contributed by atoms with E-state index < -0.39 is 0 Å². The standard InChI is InChI=1S/C26H33FN2O/c1-20(30)29(25-7-3-4-8-25)19-23-6-2-5-9-26(23)22-14-16-28(17-15-22)18-21-10-12-24(27)13-11-21/h2,5-6,9-13,22,25H,3-4,7-8,14-19H2,1H3. The van der Waals surface area contributed by atoms with Gasteiger partial charge in [-0.05, 0) is 73.5 Å². The van der Waals surface area contributed by atoms with Crippen molar-refractivity contribution in [3.8, 4) is 0 Å². The van der Waals surface area contributed by atoms with Crippen LogP contribution in [-0.4, -0.2) is 34.8 Å². The second-order valence-corrected chi connectivity index (χ2v) is 8.96. The summed E-state index contributed by atoms with van der Waals surface area (Å²) in [6, 6.07) is 16.0. The highest BCUT2D eigenvalue weighted by atomic mass is 19.1. The Kier molecular flexibility index (Phi) is 6.83. The van der Waals surface area contributed by atoms with Gasteiger partial charge in [-0.3, -0.25) is 9.69 Å². The molecule has 1 saturated heterocycles. The van der Waals surface area contributed by atoms with Gasteiger partial charge in [0.2, 0.25) is 5.91 Å². The molecule has 0 bridgehead atoms. The second-order valence-electron chi connectivity index (χ2n) is 8.96. The molecule has 1 aliphatic heterocycles. The maximum Gasteiger partial charge on any atom is 0.219 e. The second kappa shape index (κ2) is 9.74. The van der Waals surface area contributed by atoms with Crippen LogP contribution >= 0.6 is 0 Å². The summed E-state index contributed by atoms with van der Waals surface area (Å²) in [4.78, 5) is 16.9. The molecule has 4 rings (SSSR count). The van der Waals surface area contributed by atoms with E-state index in [4.69, 9.17) is 0 Å². The molecule has 0 spiro atoms. The molecule has 2 aromatic carbocycles. The molecule has 0 N–H and O–H groups in total. The molecular weight excluding hydrogens is 375 g/mol. The number of amides is 1. The van der Waals surface area contributed by atoms with Crippen LogP contribution in [0.1, 0.15) is 68.1 Å². The number of halogens is 1. The first-order chi connectivity index (χ1) is 14.6. The van der Waals surface area contributed by atoms with Crippen LogP contribution in [0.2, 0.25) is 0 Å². The van der Waals surface area contributed by atoms with E-state index in [0.717, 1.165) is 51.9 Å². The fraction of sp³-hybridized carbons (Fsp3) is 0.500. The molecule has 0 atom stereocenters. The Hall–Kier alpha value is -2.20. The number of nitrogens with zero attached hydrogens (tertiary/aromatic N) is 2. The van der Waals surface area contributed by atoms with Crippen molar-refractivity contribution >= 4 is 5.91 Å². The van der Waals surface area contributed by atoms with Crippen LogP contribution in [0, 0.1) is 5.82 Å². The van der Waals surface area contributed by atoms with E-state index in [1.165, 1.54) is 29.5 Å². The molecule has 160 valence electrons. The first-order valence-corrected chi connectivity index (χ1v) is 11.4. The number of carbonyl (C=O) groups is 1. The van der Waals surface area contributed by atoms with E-state index in [1.807, 2.05) is 12.1 Å². The average Bonchev–Trinajstić information content (AvgIpc) is 3.29. The molecule has 30 heavy (non-hydrogen) atoms. The van der Waals surface area contributed by atoms with Crippen LogP contribution in [0.5, 0.6) is 0 Å². The lowest BCUT2D eigenvalue weighted by atomic mass is 9.86. The molecule has 1 amide bonds. The maximum atomic E-state index is 13.1. The molecule has 0 unspecified atom stereocenters. The van der Waals surface area contributed by atoms with Crippen molar-refractivity contribution in [3.63, 3.8) is 0 Å². The molecule has 0 aromatic heterocycles. The number of benzene rings is 2. The quantitative estimate of drug-likeness (QED) is 0.630. The summed E-state index contributed by atoms with van der Waals surface area (Å²) in [5.41, 5.74) is 3.91. The molecular formula is C26H33FN2O. The lowest BCUT2D eigenvalue weighted by Gasteiger charge is -2.34. The third-order valence-electron chi connectivity index (χ3n) is 6.91. The molecule has 1 heterocycles. The van der Waals surface area contributed by atoms with Gasteiger partial charge in [-0.1, -0.05) is 49.2 Å². The zero-order valence-electron chi connectivity index (χ0n) is 18.0. The van der Waals surface area contributed by atoms with Crippen LogP contribution in [0.15, 0.2) is 48.5 Å². The van der Waals surface area contributed by atoms with Gasteiger partial charge in [-0.25, -0.2) is 4.39 Å². The van der Waals surface area contributed by atoms with Gasteiger partial charge in [-0.15, -0.1) is 0 Å². The van der Waals surface area contributed by atoms with Crippen LogP contribution in [-0.2, 0) is 17.9 Å². The molecule has 2 aromatic rings. The maximum absolute atomic E-state index is 13.1. The van der Waals surface area contributed by atoms with E-state index in [0.29, 0.717) is 12.0 Å². The summed E-state index contributed by atoms with van der Waals surface area (Å²) in [5, 5.41) is 0. The minimum atomic E-state index is -0.175. The highest BCUT2D eigenvalue weighted by Gasteiger charge is 2.27. The van der Waals surface area contributed by atoms with Gasteiger partial charge in [0.25, 0.3) is 0 Å². The minimum absolute atomic E-state index is 0.175. The predicted octanol–water partition coefficient (Wildman–Crippen LogP) is 5.50. The third kappa shape index (κ3) is 5.10. The predicted molar refractivity (Wildman–Crippen MR) is 119 cm³/mol. The van der Waals surface area contributed by atoms with Crippen LogP contribution in [0.3, 0.4) is 0 Å². The number of hydrogen-bond acceptors (Lipinski definition) is 2. The van der Waals surface area contributed by atoms with Crippen molar-refractivity contribution in [2.45, 2.75) is 70.5 Å². The largest absolute Gasteiger partial charge is 0.336 e. The minimum Gasteiger partial charge on any atom is -0.336 e. The lowest BCUT2D eigenvalue weighted by Crippen LogP contribution is -2.37. The smallest absolute Gasteiger partial charge is 0.219 e. The molecule has 1 aliphatic carbocycles. The Bertz CT molecular complexity index is 836. The first kappa shape index (κ1) is 21.0. The monoisotopic (exact) mass is 408 g/mol. The van der Waals surface area contributed by atoms with Gasteiger partial charge in [0, 0.05) is 26.1 Å². The molecule has 1 saturated carbocycles. The average molecular weight is 409 g/mol. The van der Waals surface area contributed by atoms with E-state index >= 15 is 0 Å². The van der Waals surface area contributed by atoms with Crippen molar-refractivity contribution in [1.29, 1.82) is 0 Å². The summed E-state index contributed by atoms with van der Waals surface area (Å²) in [6.07, 6.45) is 7.02. The van der Waals surface area contributed by atoms with Gasteiger partial charge in [-0.2, -0.15) is 0 Å². The van der Waals surface area contributed by atoms with Crippen LogP contribution in [0.25, 0.3) is 0 Å². The summed E-state index contributed by atoms with van der Waals surface area (Å²) >= 11 is 0. The zero-order valence-corrected chi connectivity index (χ0v) is 18.0. The van der Waals surface area contributed by atoms with Crippen molar-refractivity contribution in [3.05, 3.63) is 71.0 Å². The summed E-state index contributed by atoms with van der Waals surface area (Å²) in [6.45, 7) is 5.44. The summed E-state index contributed by atoms with van der Waals surface area (Å²) in [5.74, 6) is 0.570. The highest BCUT2D eigenvalue weighted by Crippen LogP contribution is 2.33. The van der Waals surface area contributed by atoms with Gasteiger partial charge in [0.1, 0.15) is 5.82 Å². The van der Waals surface area contributed by atoms with E-state index in [-0.39, 0.29) is 11.7 Å². The van der Waals surface area contributed by atoms with E-state index in [2.05, 4.69) is 34.1 Å². The van der Waals surface area contributed by atoms with Crippen molar-refractivity contribution < 1.29 is 9.18 Å². The fourth-order valence-electron chi connectivity index (χ4n) is 5.22. The van der Waals surface area contributed by atoms with Gasteiger partial charge in [0.15, 0.2) is 0 Å². The van der Waals surface area contributed by atoms with Crippen molar-refractivity contribution in [2.24, 2.45) is 0 Å². The Morgan fingerprint density at radius 2 is 1.67 bits per heavy atom. The number of hydrogen-bond donors (Lipinski definition) is 0.